The Bertz CT molecular complexity index is 798. The van der Waals surface area contributed by atoms with Crippen LogP contribution in [0.4, 0.5) is 52.7 Å². The van der Waals surface area contributed by atoms with Gasteiger partial charge in [0.2, 0.25) is 0 Å². The molecule has 5 nitrogen and oxygen atoms in total. The van der Waals surface area contributed by atoms with Crippen molar-refractivity contribution in [2.45, 2.75) is 107 Å². The molecule has 0 amide bonds. The molecule has 0 spiro atoms. The van der Waals surface area contributed by atoms with Gasteiger partial charge in [0.25, 0.3) is 0 Å². The average Bonchev–Trinajstić information content (AvgIpc) is 2.67. The predicted molar refractivity (Wildman–Crippen MR) is 128 cm³/mol. The number of hydrogen-bond acceptors (Lipinski definition) is 5. The van der Waals surface area contributed by atoms with Gasteiger partial charge in [0, 0.05) is 13.5 Å². The fourth-order valence-corrected chi connectivity index (χ4v) is 15.8. The smallest absolute Gasteiger partial charge is 0.426 e. The van der Waals surface area contributed by atoms with Gasteiger partial charge in [-0.15, -0.1) is 0 Å². The van der Waals surface area contributed by atoms with E-state index < -0.39 is 87.2 Å². The quantitative estimate of drug-likeness (QED) is 0.0942. The third-order valence-corrected chi connectivity index (χ3v) is 14.4. The van der Waals surface area contributed by atoms with Crippen molar-refractivity contribution in [1.29, 1.82) is 0 Å². The second-order valence-electron chi connectivity index (χ2n) is 11.4. The first kappa shape index (κ1) is 39.6. The maximum Gasteiger partial charge on any atom is 0.426 e. The van der Waals surface area contributed by atoms with Gasteiger partial charge in [-0.05, 0) is 58.3 Å². The van der Waals surface area contributed by atoms with Gasteiger partial charge in [0.1, 0.15) is 6.10 Å². The van der Waals surface area contributed by atoms with Crippen LogP contribution in [0.1, 0.15) is 13.3 Å². The maximum atomic E-state index is 13.7. The second-order valence-corrected chi connectivity index (χ2v) is 24.3. The fourth-order valence-electron chi connectivity index (χ4n) is 3.33. The van der Waals surface area contributed by atoms with Crippen molar-refractivity contribution >= 4 is 25.2 Å². The molecule has 0 aromatic rings. The van der Waals surface area contributed by atoms with E-state index >= 15 is 0 Å². The van der Waals surface area contributed by atoms with Crippen LogP contribution in [0.2, 0.25) is 51.9 Å². The molecule has 242 valence electrons. The average molecular weight is 669 g/mol. The minimum atomic E-state index is -7.72. The van der Waals surface area contributed by atoms with E-state index in [1.807, 2.05) is 45.8 Å². The number of aliphatic hydroxyl groups is 1. The molecule has 0 aliphatic rings. The van der Waals surface area contributed by atoms with E-state index in [1.165, 1.54) is 0 Å². The monoisotopic (exact) mass is 668 g/mol. The molecule has 40 heavy (non-hydrogen) atoms. The molecule has 0 radical (unpaired) electrons. The van der Waals surface area contributed by atoms with Crippen LogP contribution < -0.4 is 0 Å². The largest absolute Gasteiger partial charge is 0.437 e. The van der Waals surface area contributed by atoms with Gasteiger partial charge in [0.05, 0.1) is 13.2 Å². The van der Waals surface area contributed by atoms with Crippen LogP contribution in [0.3, 0.4) is 0 Å². The second kappa shape index (κ2) is 12.7. The number of halogens is 12. The third-order valence-electron chi connectivity index (χ3n) is 4.83. The van der Waals surface area contributed by atoms with Crippen LogP contribution in [0.25, 0.3) is 0 Å². The maximum absolute atomic E-state index is 13.7. The van der Waals surface area contributed by atoms with Gasteiger partial charge in [0.15, 0.2) is 16.6 Å². The Morgan fingerprint density at radius 3 is 1.40 bits per heavy atom. The first-order valence-electron chi connectivity index (χ1n) is 11.8. The van der Waals surface area contributed by atoms with Gasteiger partial charge in [-0.2, -0.15) is 52.7 Å². The van der Waals surface area contributed by atoms with Crippen LogP contribution in [-0.2, 0) is 17.7 Å². The van der Waals surface area contributed by atoms with E-state index in [1.54, 1.807) is 0 Å². The molecule has 0 aromatic carbocycles. The van der Waals surface area contributed by atoms with Crippen molar-refractivity contribution in [3.63, 3.8) is 0 Å². The van der Waals surface area contributed by atoms with Gasteiger partial charge in [-0.1, -0.05) is 0 Å². The zero-order valence-electron chi connectivity index (χ0n) is 23.2. The van der Waals surface area contributed by atoms with Gasteiger partial charge < -0.3 is 22.8 Å². The third kappa shape index (κ3) is 9.83. The highest BCUT2D eigenvalue weighted by molar-refractivity contribution is 6.87. The van der Waals surface area contributed by atoms with Gasteiger partial charge in [-0.25, -0.2) is 0 Å². The molecule has 0 bridgehead atoms. The molecular formula is C20H36F12O5Si3. The van der Waals surface area contributed by atoms with Crippen LogP contribution in [0.15, 0.2) is 0 Å². The number of alkyl halides is 12. The summed E-state index contributed by atoms with van der Waals surface area (Å²) in [5.41, 5.74) is 0. The van der Waals surface area contributed by atoms with E-state index in [0.717, 1.165) is 0 Å². The minimum Gasteiger partial charge on any atom is -0.437 e. The number of aliphatic hydroxyl groups excluding tert-OH is 1. The SMILES string of the molecule is CC(F)(F)C(F)(F)C(F)(F)C(F)(F)C(F)(F)C(F)(F)OCC(O)COCCC[Si](C)(O[Si](C)(C)C)O[Si](C)(C)C. The van der Waals surface area contributed by atoms with E-state index in [0.29, 0.717) is 6.04 Å². The minimum absolute atomic E-state index is 0.124. The lowest BCUT2D eigenvalue weighted by Crippen LogP contribution is -2.70. The first-order chi connectivity index (χ1) is 17.3. The fraction of sp³-hybridized carbons (Fsp3) is 1.00. The Hall–Kier alpha value is -0.389. The lowest BCUT2D eigenvalue weighted by Gasteiger charge is -2.40. The number of rotatable bonds is 18. The Kier molecular flexibility index (Phi) is 12.6. The zero-order chi connectivity index (χ0) is 32.4. The van der Waals surface area contributed by atoms with Crippen molar-refractivity contribution in [2.75, 3.05) is 19.8 Å². The summed E-state index contributed by atoms with van der Waals surface area (Å²) in [6.07, 6.45) is -8.50. The Morgan fingerprint density at radius 1 is 0.625 bits per heavy atom. The molecule has 0 saturated carbocycles. The summed E-state index contributed by atoms with van der Waals surface area (Å²) < 4.78 is 182. The summed E-state index contributed by atoms with van der Waals surface area (Å²) >= 11 is 0. The van der Waals surface area contributed by atoms with Crippen LogP contribution in [0, 0.1) is 0 Å². The molecule has 1 unspecified atom stereocenters. The highest BCUT2D eigenvalue weighted by Crippen LogP contribution is 2.60. The number of ether oxygens (including phenoxy) is 2. The van der Waals surface area contributed by atoms with E-state index in [-0.39, 0.29) is 13.0 Å². The summed E-state index contributed by atoms with van der Waals surface area (Å²) in [7, 11) is -6.71. The molecule has 0 heterocycles. The van der Waals surface area contributed by atoms with Crippen molar-refractivity contribution < 1.29 is 75.5 Å². The standard InChI is InChI=1S/C20H36F12O5Si3/c1-15(21,22)16(23,24)17(25,26)18(27,28)19(29,30)20(31,32)35-13-14(33)12-34-10-9-11-40(8,36-38(2,3)4)37-39(5,6)7/h14,33H,9-13H2,1-8H3. The van der Waals surface area contributed by atoms with Crippen molar-refractivity contribution in [3.8, 4) is 0 Å². The Morgan fingerprint density at radius 2 is 1.02 bits per heavy atom. The molecule has 0 saturated heterocycles. The zero-order valence-corrected chi connectivity index (χ0v) is 26.2. The van der Waals surface area contributed by atoms with Crippen LogP contribution in [-0.4, -0.2) is 91.9 Å². The topological polar surface area (TPSA) is 57.2 Å². The van der Waals surface area contributed by atoms with Gasteiger partial charge in [-0.3, -0.25) is 0 Å². The van der Waals surface area contributed by atoms with Crippen molar-refractivity contribution in [3.05, 3.63) is 0 Å². The van der Waals surface area contributed by atoms with Crippen molar-refractivity contribution in [1.82, 2.24) is 0 Å². The van der Waals surface area contributed by atoms with E-state index in [4.69, 9.17) is 13.0 Å². The Balaban J connectivity index is 5.19. The summed E-state index contributed by atoms with van der Waals surface area (Å²) in [5, 5.41) is 9.63. The molecule has 1 atom stereocenters. The summed E-state index contributed by atoms with van der Waals surface area (Å²) in [5.74, 6) is -35.9. The molecule has 0 aliphatic heterocycles. The van der Waals surface area contributed by atoms with Crippen LogP contribution in [0.5, 0.6) is 0 Å². The highest BCUT2D eigenvalue weighted by atomic mass is 28.5. The molecule has 1 N–H and O–H groups in total. The lowest BCUT2D eigenvalue weighted by atomic mass is 9.94. The van der Waals surface area contributed by atoms with E-state index in [9.17, 15) is 57.8 Å². The normalized spacial score (nSPS) is 16.4. The molecule has 20 heteroatoms. The van der Waals surface area contributed by atoms with Crippen molar-refractivity contribution in [2.24, 2.45) is 0 Å². The van der Waals surface area contributed by atoms with E-state index in [2.05, 4.69) is 4.74 Å². The first-order valence-corrected chi connectivity index (χ1v) is 21.2. The number of hydrogen-bond donors (Lipinski definition) is 1. The Labute approximate surface area is 228 Å². The lowest BCUT2D eigenvalue weighted by molar-refractivity contribution is -0.457. The summed E-state index contributed by atoms with van der Waals surface area (Å²) in [6, 6.07) is 0.420. The highest BCUT2D eigenvalue weighted by Gasteiger charge is 2.90. The molecule has 0 aromatic heterocycles. The summed E-state index contributed by atoms with van der Waals surface area (Å²) in [4.78, 5) is 0. The molecular weight excluding hydrogens is 632 g/mol. The van der Waals surface area contributed by atoms with Gasteiger partial charge >= 0.3 is 44.3 Å². The van der Waals surface area contributed by atoms with Crippen LogP contribution >= 0.6 is 0 Å². The summed E-state index contributed by atoms with van der Waals surface area (Å²) in [6.45, 7) is 9.73. The molecule has 0 rings (SSSR count). The molecule has 0 aliphatic carbocycles. The predicted octanol–water partition coefficient (Wildman–Crippen LogP) is 7.33. The molecule has 0 fully saturated rings.